The van der Waals surface area contributed by atoms with Gasteiger partial charge in [0, 0.05) is 24.5 Å². The second-order valence-electron chi connectivity index (χ2n) is 5.15. The molecule has 1 fully saturated rings. The summed E-state index contributed by atoms with van der Waals surface area (Å²) in [6.07, 6.45) is 2.10. The monoisotopic (exact) mass is 328 g/mol. The minimum Gasteiger partial charge on any atom is -0.342 e. The maximum atomic E-state index is 12.3. The number of hydrogen-bond donors (Lipinski definition) is 1. The summed E-state index contributed by atoms with van der Waals surface area (Å²) in [5.74, 6) is -0.203. The van der Waals surface area contributed by atoms with E-state index in [1.807, 2.05) is 6.92 Å². The molecule has 0 saturated carbocycles. The molecular weight excluding hydrogens is 311 g/mol. The predicted molar refractivity (Wildman–Crippen MR) is 84.7 cm³/mol. The lowest BCUT2D eigenvalue weighted by Gasteiger charge is -2.32. The maximum absolute atomic E-state index is 12.3. The lowest BCUT2D eigenvalue weighted by molar-refractivity contribution is -0.134. The average molecular weight is 329 g/mol. The van der Waals surface area contributed by atoms with Gasteiger partial charge in [-0.25, -0.2) is 0 Å². The van der Waals surface area contributed by atoms with E-state index in [9.17, 15) is 9.59 Å². The summed E-state index contributed by atoms with van der Waals surface area (Å²) < 4.78 is 0. The van der Waals surface area contributed by atoms with E-state index in [0.717, 1.165) is 19.4 Å². The molecule has 0 aliphatic carbocycles. The van der Waals surface area contributed by atoms with Gasteiger partial charge in [0.1, 0.15) is 0 Å². The number of halogens is 2. The van der Waals surface area contributed by atoms with Crippen LogP contribution in [0.4, 0.5) is 5.69 Å². The first-order chi connectivity index (χ1) is 10.0. The molecule has 1 unspecified atom stereocenters. The number of anilines is 1. The van der Waals surface area contributed by atoms with Gasteiger partial charge in [-0.3, -0.25) is 9.59 Å². The van der Waals surface area contributed by atoms with Crippen molar-refractivity contribution >= 4 is 40.7 Å². The fourth-order valence-corrected chi connectivity index (χ4v) is 2.92. The van der Waals surface area contributed by atoms with Gasteiger partial charge >= 0.3 is 0 Å². The summed E-state index contributed by atoms with van der Waals surface area (Å²) in [5, 5.41) is 3.75. The lowest BCUT2D eigenvalue weighted by atomic mass is 9.96. The van der Waals surface area contributed by atoms with Crippen LogP contribution in [0.2, 0.25) is 10.0 Å². The molecule has 0 radical (unpaired) electrons. The Labute approximate surface area is 134 Å². The van der Waals surface area contributed by atoms with Gasteiger partial charge in [0.2, 0.25) is 11.8 Å². The first-order valence-electron chi connectivity index (χ1n) is 7.05. The van der Waals surface area contributed by atoms with Gasteiger partial charge in [-0.05, 0) is 31.0 Å². The fourth-order valence-electron chi connectivity index (χ4n) is 2.47. The highest BCUT2D eigenvalue weighted by Crippen LogP contribution is 2.27. The Hall–Kier alpha value is -1.26. The highest BCUT2D eigenvalue weighted by Gasteiger charge is 2.28. The molecule has 1 N–H and O–H groups in total. The third-order valence-electron chi connectivity index (χ3n) is 3.64. The van der Waals surface area contributed by atoms with Crippen molar-refractivity contribution in [2.24, 2.45) is 5.92 Å². The number of hydrogen-bond acceptors (Lipinski definition) is 2. The van der Waals surface area contributed by atoms with Crippen LogP contribution in [0, 0.1) is 5.92 Å². The van der Waals surface area contributed by atoms with Gasteiger partial charge in [0.05, 0.1) is 16.6 Å². The van der Waals surface area contributed by atoms with E-state index in [0.29, 0.717) is 28.7 Å². The molecule has 6 heteroatoms. The molecule has 4 nitrogen and oxygen atoms in total. The third kappa shape index (κ3) is 4.11. The molecule has 1 heterocycles. The zero-order valence-corrected chi connectivity index (χ0v) is 13.4. The molecule has 21 heavy (non-hydrogen) atoms. The Morgan fingerprint density at radius 1 is 1.38 bits per heavy atom. The van der Waals surface area contributed by atoms with Crippen LogP contribution in [-0.2, 0) is 9.59 Å². The van der Waals surface area contributed by atoms with Gasteiger partial charge in [0.25, 0.3) is 0 Å². The quantitative estimate of drug-likeness (QED) is 0.921. The SMILES string of the molecule is CCC(=O)N1CCCC(C(=O)Nc2ccc(Cl)cc2Cl)C1. The van der Waals surface area contributed by atoms with Crippen molar-refractivity contribution in [1.82, 2.24) is 4.90 Å². The van der Waals surface area contributed by atoms with Crippen molar-refractivity contribution in [3.05, 3.63) is 28.2 Å². The molecule has 2 rings (SSSR count). The maximum Gasteiger partial charge on any atom is 0.229 e. The number of rotatable bonds is 3. The summed E-state index contributed by atoms with van der Waals surface area (Å²) >= 11 is 11.9. The smallest absolute Gasteiger partial charge is 0.229 e. The van der Waals surface area contributed by atoms with E-state index < -0.39 is 0 Å². The van der Waals surface area contributed by atoms with Crippen molar-refractivity contribution in [1.29, 1.82) is 0 Å². The number of likely N-dealkylation sites (tertiary alicyclic amines) is 1. The van der Waals surface area contributed by atoms with Crippen LogP contribution in [0.25, 0.3) is 0 Å². The largest absolute Gasteiger partial charge is 0.342 e. The average Bonchev–Trinajstić information content (AvgIpc) is 2.49. The highest BCUT2D eigenvalue weighted by atomic mass is 35.5. The molecule has 0 aromatic heterocycles. The van der Waals surface area contributed by atoms with Gasteiger partial charge in [-0.15, -0.1) is 0 Å². The first-order valence-corrected chi connectivity index (χ1v) is 7.80. The Morgan fingerprint density at radius 3 is 2.81 bits per heavy atom. The molecule has 1 aromatic carbocycles. The minimum atomic E-state index is -0.194. The van der Waals surface area contributed by atoms with Crippen molar-refractivity contribution in [3.8, 4) is 0 Å². The molecule has 1 aliphatic heterocycles. The Balaban J connectivity index is 2.01. The molecule has 1 aromatic rings. The lowest BCUT2D eigenvalue weighted by Crippen LogP contribution is -2.43. The summed E-state index contributed by atoms with van der Waals surface area (Å²) in [5.41, 5.74) is 0.546. The summed E-state index contributed by atoms with van der Waals surface area (Å²) in [4.78, 5) is 25.8. The zero-order valence-electron chi connectivity index (χ0n) is 11.9. The number of nitrogens with one attached hydrogen (secondary N) is 1. The summed E-state index contributed by atoms with van der Waals surface area (Å²) in [6.45, 7) is 3.04. The van der Waals surface area contributed by atoms with Crippen LogP contribution in [0.15, 0.2) is 18.2 Å². The molecular formula is C15H18Cl2N2O2. The Morgan fingerprint density at radius 2 is 2.14 bits per heavy atom. The van der Waals surface area contributed by atoms with Crippen LogP contribution in [-0.4, -0.2) is 29.8 Å². The molecule has 1 aliphatic rings. The second-order valence-corrected chi connectivity index (χ2v) is 5.99. The fraction of sp³-hybridized carbons (Fsp3) is 0.467. The Bertz CT molecular complexity index is 548. The van der Waals surface area contributed by atoms with E-state index >= 15 is 0 Å². The second kappa shape index (κ2) is 7.14. The van der Waals surface area contributed by atoms with Gasteiger partial charge in [0.15, 0.2) is 0 Å². The number of piperidine rings is 1. The zero-order chi connectivity index (χ0) is 15.4. The normalized spacial score (nSPS) is 18.4. The van der Waals surface area contributed by atoms with Crippen LogP contribution >= 0.6 is 23.2 Å². The minimum absolute atomic E-state index is 0.0945. The van der Waals surface area contributed by atoms with E-state index in [-0.39, 0.29) is 17.7 Å². The van der Waals surface area contributed by atoms with E-state index in [1.165, 1.54) is 0 Å². The standard InChI is InChI=1S/C15H18Cl2N2O2/c1-2-14(20)19-7-3-4-10(9-19)15(21)18-13-6-5-11(16)8-12(13)17/h5-6,8,10H,2-4,7,9H2,1H3,(H,18,21). The van der Waals surface area contributed by atoms with Gasteiger partial charge in [-0.1, -0.05) is 30.1 Å². The highest BCUT2D eigenvalue weighted by molar-refractivity contribution is 6.36. The number of carbonyl (C=O) groups excluding carboxylic acids is 2. The van der Waals surface area contributed by atoms with Crippen molar-refractivity contribution in [3.63, 3.8) is 0 Å². The molecule has 2 amide bonds. The Kier molecular flexibility index (Phi) is 5.48. The number of carbonyl (C=O) groups is 2. The van der Waals surface area contributed by atoms with Crippen LogP contribution in [0.5, 0.6) is 0 Å². The third-order valence-corrected chi connectivity index (χ3v) is 4.18. The molecule has 1 atom stereocenters. The molecule has 114 valence electrons. The van der Waals surface area contributed by atoms with Crippen LogP contribution < -0.4 is 5.32 Å². The topological polar surface area (TPSA) is 49.4 Å². The van der Waals surface area contributed by atoms with Crippen LogP contribution in [0.3, 0.4) is 0 Å². The van der Waals surface area contributed by atoms with E-state index in [2.05, 4.69) is 5.32 Å². The predicted octanol–water partition coefficient (Wildman–Crippen LogP) is 3.58. The number of nitrogens with zero attached hydrogens (tertiary/aromatic N) is 1. The van der Waals surface area contributed by atoms with Crippen molar-refractivity contribution < 1.29 is 9.59 Å². The summed E-state index contributed by atoms with van der Waals surface area (Å²) in [6, 6.07) is 4.95. The van der Waals surface area contributed by atoms with Gasteiger partial charge < -0.3 is 10.2 Å². The number of benzene rings is 1. The van der Waals surface area contributed by atoms with Crippen molar-refractivity contribution in [2.45, 2.75) is 26.2 Å². The summed E-state index contributed by atoms with van der Waals surface area (Å²) in [7, 11) is 0. The molecule has 0 bridgehead atoms. The number of amides is 2. The van der Waals surface area contributed by atoms with Gasteiger partial charge in [-0.2, -0.15) is 0 Å². The molecule has 1 saturated heterocycles. The van der Waals surface area contributed by atoms with Crippen molar-refractivity contribution in [2.75, 3.05) is 18.4 Å². The molecule has 0 spiro atoms. The van der Waals surface area contributed by atoms with Crippen LogP contribution in [0.1, 0.15) is 26.2 Å². The van der Waals surface area contributed by atoms with E-state index in [4.69, 9.17) is 23.2 Å². The van der Waals surface area contributed by atoms with E-state index in [1.54, 1.807) is 23.1 Å². The first kappa shape index (κ1) is 16.1.